The minimum absolute atomic E-state index is 0.316. The van der Waals surface area contributed by atoms with E-state index >= 15 is 0 Å². The Kier molecular flexibility index (Phi) is 5.42. The maximum absolute atomic E-state index is 11.8. The quantitative estimate of drug-likeness (QED) is 0.858. The molecule has 1 fully saturated rings. The maximum Gasteiger partial charge on any atom is 0.320 e. The van der Waals surface area contributed by atoms with Gasteiger partial charge in [-0.25, -0.2) is 0 Å². The lowest BCUT2D eigenvalue weighted by atomic mass is 9.98. The van der Waals surface area contributed by atoms with Gasteiger partial charge in [-0.05, 0) is 37.5 Å². The second kappa shape index (κ2) is 7.74. The fourth-order valence-electron chi connectivity index (χ4n) is 3.64. The lowest BCUT2D eigenvalue weighted by Gasteiger charge is -2.32. The van der Waals surface area contributed by atoms with Gasteiger partial charge in [-0.15, -0.1) is 0 Å². The SMILES string of the molecule is COc1cccc(C(c2ccc(C)cn2)N2CCCC2C(=O)O)c1OC. The molecular weight excluding hydrogens is 332 g/mol. The largest absolute Gasteiger partial charge is 0.493 e. The molecule has 2 atom stereocenters. The monoisotopic (exact) mass is 356 g/mol. The van der Waals surface area contributed by atoms with Crippen LogP contribution in [0.5, 0.6) is 11.5 Å². The fourth-order valence-corrected chi connectivity index (χ4v) is 3.64. The molecule has 1 aromatic heterocycles. The summed E-state index contributed by atoms with van der Waals surface area (Å²) in [5.74, 6) is 0.424. The van der Waals surface area contributed by atoms with E-state index in [1.54, 1.807) is 20.4 Å². The Morgan fingerprint density at radius 2 is 2.08 bits per heavy atom. The number of methoxy groups -OCH3 is 2. The van der Waals surface area contributed by atoms with E-state index in [0.717, 1.165) is 23.2 Å². The summed E-state index contributed by atoms with van der Waals surface area (Å²) in [6.45, 7) is 2.67. The molecule has 3 rings (SSSR count). The minimum Gasteiger partial charge on any atom is -0.493 e. The predicted octanol–water partition coefficient (Wildman–Crippen LogP) is 3.05. The number of aromatic nitrogens is 1. The summed E-state index contributed by atoms with van der Waals surface area (Å²) in [4.78, 5) is 18.4. The van der Waals surface area contributed by atoms with Crippen LogP contribution in [-0.4, -0.2) is 47.8 Å². The van der Waals surface area contributed by atoms with Gasteiger partial charge in [0.05, 0.1) is 26.0 Å². The fraction of sp³-hybridized carbons (Fsp3) is 0.400. The van der Waals surface area contributed by atoms with Crippen molar-refractivity contribution in [3.8, 4) is 11.5 Å². The normalized spacial score (nSPS) is 18.5. The molecule has 2 unspecified atom stereocenters. The number of rotatable bonds is 6. The molecule has 6 heteroatoms. The van der Waals surface area contributed by atoms with E-state index in [9.17, 15) is 9.90 Å². The highest BCUT2D eigenvalue weighted by Gasteiger charge is 2.38. The van der Waals surface area contributed by atoms with Crippen molar-refractivity contribution in [1.29, 1.82) is 0 Å². The van der Waals surface area contributed by atoms with Crippen LogP contribution in [0.2, 0.25) is 0 Å². The number of hydrogen-bond acceptors (Lipinski definition) is 5. The minimum atomic E-state index is -0.804. The predicted molar refractivity (Wildman–Crippen MR) is 97.7 cm³/mol. The Morgan fingerprint density at radius 3 is 2.69 bits per heavy atom. The Balaban J connectivity index is 2.15. The number of hydrogen-bond donors (Lipinski definition) is 1. The Bertz CT molecular complexity index is 776. The molecule has 0 spiro atoms. The van der Waals surface area contributed by atoms with Crippen molar-refractivity contribution in [3.05, 3.63) is 53.3 Å². The van der Waals surface area contributed by atoms with E-state index in [-0.39, 0.29) is 6.04 Å². The molecule has 2 aromatic rings. The summed E-state index contributed by atoms with van der Waals surface area (Å²) >= 11 is 0. The molecule has 1 saturated heterocycles. The number of aryl methyl sites for hydroxylation is 1. The summed E-state index contributed by atoms with van der Waals surface area (Å²) in [6, 6.07) is 8.77. The van der Waals surface area contributed by atoms with E-state index in [2.05, 4.69) is 4.98 Å². The first-order valence-electron chi connectivity index (χ1n) is 8.68. The Labute approximate surface area is 153 Å². The standard InChI is InChI=1S/C20H24N2O4/c1-13-9-10-15(21-12-13)18(22-11-5-7-16(22)20(23)24)14-6-4-8-17(25-2)19(14)26-3/h4,6,8-10,12,16,18H,5,7,11H2,1-3H3,(H,23,24). The van der Waals surface area contributed by atoms with Gasteiger partial charge in [0.25, 0.3) is 0 Å². The number of para-hydroxylation sites is 1. The van der Waals surface area contributed by atoms with Gasteiger partial charge in [-0.1, -0.05) is 18.2 Å². The lowest BCUT2D eigenvalue weighted by Crippen LogP contribution is -2.39. The van der Waals surface area contributed by atoms with Gasteiger partial charge in [0, 0.05) is 18.3 Å². The van der Waals surface area contributed by atoms with Crippen LogP contribution in [0.1, 0.15) is 35.7 Å². The maximum atomic E-state index is 11.8. The number of ether oxygens (including phenoxy) is 2. The first kappa shape index (κ1) is 18.2. The first-order chi connectivity index (χ1) is 12.6. The van der Waals surface area contributed by atoms with Gasteiger partial charge >= 0.3 is 5.97 Å². The second-order valence-corrected chi connectivity index (χ2v) is 6.48. The van der Waals surface area contributed by atoms with Crippen LogP contribution in [-0.2, 0) is 4.79 Å². The molecule has 0 aliphatic carbocycles. The third kappa shape index (κ3) is 3.37. The van der Waals surface area contributed by atoms with Gasteiger partial charge in [0.15, 0.2) is 11.5 Å². The highest BCUT2D eigenvalue weighted by Crippen LogP contribution is 2.42. The molecule has 0 amide bonds. The van der Waals surface area contributed by atoms with Crippen LogP contribution in [0.15, 0.2) is 36.5 Å². The van der Waals surface area contributed by atoms with Gasteiger partial charge in [0.2, 0.25) is 0 Å². The molecule has 138 valence electrons. The van der Waals surface area contributed by atoms with Crippen molar-refractivity contribution in [2.24, 2.45) is 0 Å². The van der Waals surface area contributed by atoms with E-state index < -0.39 is 12.0 Å². The average molecular weight is 356 g/mol. The number of aliphatic carboxylic acids is 1. The van der Waals surface area contributed by atoms with Crippen molar-refractivity contribution in [3.63, 3.8) is 0 Å². The van der Waals surface area contributed by atoms with Crippen molar-refractivity contribution in [2.75, 3.05) is 20.8 Å². The van der Waals surface area contributed by atoms with E-state index in [1.165, 1.54) is 0 Å². The molecule has 1 N–H and O–H groups in total. The summed E-state index contributed by atoms with van der Waals surface area (Å²) in [6.07, 6.45) is 3.27. The molecular formula is C20H24N2O4. The first-order valence-corrected chi connectivity index (χ1v) is 8.68. The number of benzene rings is 1. The molecule has 0 radical (unpaired) electrons. The molecule has 1 aliphatic heterocycles. The number of carbonyl (C=O) groups is 1. The zero-order chi connectivity index (χ0) is 18.7. The highest BCUT2D eigenvalue weighted by molar-refractivity contribution is 5.74. The molecule has 0 saturated carbocycles. The van der Waals surface area contributed by atoms with Crippen molar-refractivity contribution < 1.29 is 19.4 Å². The molecule has 2 heterocycles. The van der Waals surface area contributed by atoms with Crippen LogP contribution >= 0.6 is 0 Å². The summed E-state index contributed by atoms with van der Waals surface area (Å²) in [5.41, 5.74) is 2.72. The van der Waals surface area contributed by atoms with Crippen molar-refractivity contribution >= 4 is 5.97 Å². The molecule has 0 bridgehead atoms. The third-order valence-corrected chi connectivity index (χ3v) is 4.85. The Morgan fingerprint density at radius 1 is 1.27 bits per heavy atom. The van der Waals surface area contributed by atoms with Crippen LogP contribution in [0.25, 0.3) is 0 Å². The van der Waals surface area contributed by atoms with Gasteiger partial charge in [-0.2, -0.15) is 0 Å². The third-order valence-electron chi connectivity index (χ3n) is 4.85. The van der Waals surface area contributed by atoms with Crippen LogP contribution < -0.4 is 9.47 Å². The molecule has 1 aliphatic rings. The molecule has 1 aromatic carbocycles. The topological polar surface area (TPSA) is 71.9 Å². The van der Waals surface area contributed by atoms with E-state index in [0.29, 0.717) is 24.5 Å². The smallest absolute Gasteiger partial charge is 0.320 e. The number of nitrogens with zero attached hydrogens (tertiary/aromatic N) is 2. The van der Waals surface area contributed by atoms with E-state index in [1.807, 2.05) is 42.2 Å². The number of pyridine rings is 1. The zero-order valence-electron chi connectivity index (χ0n) is 15.3. The average Bonchev–Trinajstić information content (AvgIpc) is 3.13. The molecule has 26 heavy (non-hydrogen) atoms. The van der Waals surface area contributed by atoms with Gasteiger partial charge < -0.3 is 14.6 Å². The number of carboxylic acid groups (broad SMARTS) is 1. The summed E-state index contributed by atoms with van der Waals surface area (Å²) in [7, 11) is 3.19. The lowest BCUT2D eigenvalue weighted by molar-refractivity contribution is -0.142. The van der Waals surface area contributed by atoms with Crippen LogP contribution in [0.4, 0.5) is 0 Å². The number of carboxylic acids is 1. The molecule has 6 nitrogen and oxygen atoms in total. The summed E-state index contributed by atoms with van der Waals surface area (Å²) < 4.78 is 11.1. The number of likely N-dealkylation sites (tertiary alicyclic amines) is 1. The van der Waals surface area contributed by atoms with E-state index in [4.69, 9.17) is 9.47 Å². The van der Waals surface area contributed by atoms with Gasteiger partial charge in [-0.3, -0.25) is 14.7 Å². The van der Waals surface area contributed by atoms with Gasteiger partial charge in [0.1, 0.15) is 6.04 Å². The summed E-state index contributed by atoms with van der Waals surface area (Å²) in [5, 5.41) is 9.68. The van der Waals surface area contributed by atoms with Crippen LogP contribution in [0, 0.1) is 6.92 Å². The van der Waals surface area contributed by atoms with Crippen LogP contribution in [0.3, 0.4) is 0 Å². The Hall–Kier alpha value is -2.60. The second-order valence-electron chi connectivity index (χ2n) is 6.48. The highest BCUT2D eigenvalue weighted by atomic mass is 16.5. The van der Waals surface area contributed by atoms with Crippen molar-refractivity contribution in [1.82, 2.24) is 9.88 Å². The zero-order valence-corrected chi connectivity index (χ0v) is 15.3. The van der Waals surface area contributed by atoms with Crippen molar-refractivity contribution in [2.45, 2.75) is 31.8 Å².